The van der Waals surface area contributed by atoms with Gasteiger partial charge >= 0.3 is 0 Å². The Kier molecular flexibility index (Phi) is 5.58. The van der Waals surface area contributed by atoms with E-state index in [-0.39, 0.29) is 5.91 Å². The number of carbonyl (C=O) groups is 1. The van der Waals surface area contributed by atoms with Gasteiger partial charge in [-0.15, -0.1) is 0 Å². The molecule has 0 spiro atoms. The lowest BCUT2D eigenvalue weighted by Gasteiger charge is -2.22. The maximum Gasteiger partial charge on any atom is 0.260 e. The van der Waals surface area contributed by atoms with Crippen molar-refractivity contribution in [3.05, 3.63) is 60.8 Å². The van der Waals surface area contributed by atoms with E-state index in [1.807, 2.05) is 28.9 Å². The van der Waals surface area contributed by atoms with Gasteiger partial charge in [0.05, 0.1) is 47.5 Å². The molecule has 4 aromatic rings. The number of anilines is 1. The summed E-state index contributed by atoms with van der Waals surface area (Å²) in [7, 11) is 17.1. The molecule has 1 amide bonds. The number of amides is 1. The number of rotatable bonds is 5. The molecule has 1 aliphatic heterocycles. The van der Waals surface area contributed by atoms with Crippen LogP contribution in [0.15, 0.2) is 55.2 Å². The van der Waals surface area contributed by atoms with Crippen molar-refractivity contribution in [1.29, 1.82) is 0 Å². The Hall–Kier alpha value is -3.33. The first-order chi connectivity index (χ1) is 15.9. The number of pyridine rings is 1. The zero-order chi connectivity index (χ0) is 23.0. The molecule has 1 aromatic carbocycles. The van der Waals surface area contributed by atoms with Gasteiger partial charge in [-0.1, -0.05) is 12.1 Å². The summed E-state index contributed by atoms with van der Waals surface area (Å²) in [4.78, 5) is 17.1. The lowest BCUT2D eigenvalue weighted by molar-refractivity contribution is 0.102. The van der Waals surface area contributed by atoms with Crippen LogP contribution in [0.4, 0.5) is 5.82 Å². The fourth-order valence-electron chi connectivity index (χ4n) is 3.99. The van der Waals surface area contributed by atoms with Crippen molar-refractivity contribution < 1.29 is 4.79 Å². The van der Waals surface area contributed by atoms with Gasteiger partial charge in [0.25, 0.3) is 5.91 Å². The average molecular weight is 431 g/mol. The van der Waals surface area contributed by atoms with Crippen molar-refractivity contribution in [3.8, 4) is 11.1 Å². The Balaban J connectivity index is 1.35. The van der Waals surface area contributed by atoms with E-state index < -0.39 is 5.24 Å². The van der Waals surface area contributed by atoms with Crippen molar-refractivity contribution in [1.82, 2.24) is 29.9 Å². The van der Waals surface area contributed by atoms with Crippen LogP contribution in [-0.2, 0) is 5.24 Å². The summed E-state index contributed by atoms with van der Waals surface area (Å²) in [6.07, 6.45) is 10.5. The van der Waals surface area contributed by atoms with E-state index in [2.05, 4.69) is 25.8 Å². The molecule has 11 heteroatoms. The Labute approximate surface area is 195 Å². The maximum absolute atomic E-state index is 12.8. The van der Waals surface area contributed by atoms with E-state index in [0.29, 0.717) is 17.4 Å². The summed E-state index contributed by atoms with van der Waals surface area (Å²) in [6.45, 7) is 1.92. The van der Waals surface area contributed by atoms with Gasteiger partial charge in [-0.2, -0.15) is 10.2 Å². The number of benzene rings is 1. The second kappa shape index (κ2) is 8.55. The molecule has 1 saturated heterocycles. The van der Waals surface area contributed by atoms with Crippen molar-refractivity contribution >= 4 is 46.0 Å². The highest BCUT2D eigenvalue weighted by Crippen LogP contribution is 2.26. The third-order valence-electron chi connectivity index (χ3n) is 5.82. The molecule has 6 radical (unpaired) electrons. The van der Waals surface area contributed by atoms with Gasteiger partial charge < -0.3 is 10.6 Å². The molecule has 5 rings (SSSR count). The second-order valence-corrected chi connectivity index (χ2v) is 8.34. The predicted octanol–water partition coefficient (Wildman–Crippen LogP) is 1.54. The molecule has 33 heavy (non-hydrogen) atoms. The minimum absolute atomic E-state index is 0.246. The summed E-state index contributed by atoms with van der Waals surface area (Å²) in [5.74, 6) is 0.212. The van der Waals surface area contributed by atoms with Crippen molar-refractivity contribution in [2.75, 3.05) is 18.4 Å². The van der Waals surface area contributed by atoms with Crippen LogP contribution >= 0.6 is 0 Å². The quantitative estimate of drug-likeness (QED) is 0.469. The second-order valence-electron chi connectivity index (χ2n) is 8.34. The largest absolute Gasteiger partial charge is 0.317 e. The van der Waals surface area contributed by atoms with Crippen LogP contribution in [0.3, 0.4) is 0 Å². The zero-order valence-electron chi connectivity index (χ0n) is 18.0. The molecule has 2 N–H and O–H groups in total. The number of piperidine rings is 1. The highest BCUT2D eigenvalue weighted by molar-refractivity contribution is 6.56. The minimum atomic E-state index is -1.57. The normalized spacial score (nSPS) is 15.0. The summed E-state index contributed by atoms with van der Waals surface area (Å²) >= 11 is 0. The number of carbonyl (C=O) groups excluding carboxylic acids is 1. The third kappa shape index (κ3) is 4.59. The minimum Gasteiger partial charge on any atom is -0.317 e. The zero-order valence-corrected chi connectivity index (χ0v) is 18.0. The lowest BCUT2D eigenvalue weighted by Crippen LogP contribution is -2.35. The highest BCUT2D eigenvalue weighted by Gasteiger charge is 2.18. The average Bonchev–Trinajstić information content (AvgIpc) is 3.49. The molecule has 0 atom stereocenters. The fourth-order valence-corrected chi connectivity index (χ4v) is 3.99. The SMILES string of the molecule is [B]C([B])([B])n1cc(-c2ccc3cnc(NC(=O)c4cnn(C5CCNCC5)c4)cc3c2)cn1. The van der Waals surface area contributed by atoms with Gasteiger partial charge in [0.1, 0.15) is 5.82 Å². The van der Waals surface area contributed by atoms with Gasteiger partial charge in [0, 0.05) is 29.5 Å². The summed E-state index contributed by atoms with van der Waals surface area (Å²) in [5, 5.41) is 15.0. The molecule has 4 heterocycles. The first-order valence-electron chi connectivity index (χ1n) is 10.7. The molecule has 0 unspecified atom stereocenters. The van der Waals surface area contributed by atoms with E-state index in [1.54, 1.807) is 31.0 Å². The molecule has 3 aromatic heterocycles. The number of hydrogen-bond acceptors (Lipinski definition) is 5. The van der Waals surface area contributed by atoms with Gasteiger partial charge in [-0.25, -0.2) is 4.98 Å². The number of fused-ring (bicyclic) bond motifs is 1. The van der Waals surface area contributed by atoms with Crippen LogP contribution in [0.1, 0.15) is 29.2 Å². The summed E-state index contributed by atoms with van der Waals surface area (Å²) < 4.78 is 3.18. The van der Waals surface area contributed by atoms with E-state index in [9.17, 15) is 4.79 Å². The molecular formula is C22H20B3N7O. The smallest absolute Gasteiger partial charge is 0.260 e. The Morgan fingerprint density at radius 2 is 1.82 bits per heavy atom. The molecule has 1 aliphatic rings. The van der Waals surface area contributed by atoms with Crippen molar-refractivity contribution in [2.24, 2.45) is 0 Å². The summed E-state index contributed by atoms with van der Waals surface area (Å²) in [5.41, 5.74) is 2.23. The number of nitrogens with one attached hydrogen (secondary N) is 2. The maximum atomic E-state index is 12.8. The number of aromatic nitrogens is 5. The van der Waals surface area contributed by atoms with Crippen LogP contribution in [0.5, 0.6) is 0 Å². The van der Waals surface area contributed by atoms with Gasteiger partial charge in [-0.3, -0.25) is 14.2 Å². The predicted molar refractivity (Wildman–Crippen MR) is 130 cm³/mol. The third-order valence-corrected chi connectivity index (χ3v) is 5.82. The fraction of sp³-hybridized carbons (Fsp3) is 0.273. The molecule has 8 nitrogen and oxygen atoms in total. The first kappa shape index (κ1) is 21.5. The molecule has 0 bridgehead atoms. The van der Waals surface area contributed by atoms with Gasteiger partial charge in [-0.05, 0) is 54.3 Å². The van der Waals surface area contributed by atoms with E-state index >= 15 is 0 Å². The van der Waals surface area contributed by atoms with Crippen LogP contribution in [-0.4, -0.2) is 67.1 Å². The highest BCUT2D eigenvalue weighted by atomic mass is 16.1. The van der Waals surface area contributed by atoms with Crippen molar-refractivity contribution in [2.45, 2.75) is 24.1 Å². The monoisotopic (exact) mass is 431 g/mol. The summed E-state index contributed by atoms with van der Waals surface area (Å²) in [6, 6.07) is 8.03. The van der Waals surface area contributed by atoms with E-state index in [1.165, 1.54) is 4.68 Å². The van der Waals surface area contributed by atoms with Gasteiger partial charge in [0.15, 0.2) is 0 Å². The molecule has 0 aliphatic carbocycles. The van der Waals surface area contributed by atoms with Crippen LogP contribution in [0, 0.1) is 0 Å². The Morgan fingerprint density at radius 1 is 1.00 bits per heavy atom. The van der Waals surface area contributed by atoms with E-state index in [4.69, 9.17) is 23.5 Å². The number of hydrogen-bond donors (Lipinski definition) is 2. The lowest BCUT2D eigenvalue weighted by atomic mass is 9.49. The number of nitrogens with zero attached hydrogens (tertiary/aromatic N) is 5. The standard InChI is InChI=1S/C22H20B3N7O/c23-22(24,25)32-13-17(10-29-32)14-1-2-15-9-27-20(8-16(15)7-14)30-21(33)18-11-28-31(12-18)19-3-5-26-6-4-19/h1-2,7-13,19,26H,3-6H2,(H,27,30,33). The molecule has 158 valence electrons. The topological polar surface area (TPSA) is 89.7 Å². The van der Waals surface area contributed by atoms with Crippen LogP contribution in [0.2, 0.25) is 0 Å². The van der Waals surface area contributed by atoms with Gasteiger partial charge in [0.2, 0.25) is 0 Å². The first-order valence-corrected chi connectivity index (χ1v) is 10.7. The molecule has 1 fully saturated rings. The van der Waals surface area contributed by atoms with E-state index in [0.717, 1.165) is 47.8 Å². The van der Waals surface area contributed by atoms with Crippen molar-refractivity contribution in [3.63, 3.8) is 0 Å². The Bertz CT molecular complexity index is 1300. The Morgan fingerprint density at radius 3 is 2.58 bits per heavy atom. The van der Waals surface area contributed by atoms with Crippen LogP contribution in [0.25, 0.3) is 21.9 Å². The van der Waals surface area contributed by atoms with Crippen LogP contribution < -0.4 is 10.6 Å². The molecule has 0 saturated carbocycles. The molecular weight excluding hydrogens is 411 g/mol.